The number of aromatic nitrogens is 1. The van der Waals surface area contributed by atoms with Crippen LogP contribution < -0.4 is 10.6 Å². The van der Waals surface area contributed by atoms with E-state index >= 15 is 0 Å². The molecular weight excluding hydrogens is 250 g/mol. The lowest BCUT2D eigenvalue weighted by Gasteiger charge is -2.17. The molecule has 0 bridgehead atoms. The number of thiocarbonyl (C=S) groups is 1. The summed E-state index contributed by atoms with van der Waals surface area (Å²) >= 11 is 6.99. The molecule has 96 valence electrons. The number of thiazole rings is 1. The Labute approximate surface area is 113 Å². The zero-order valence-corrected chi connectivity index (χ0v) is 12.8. The summed E-state index contributed by atoms with van der Waals surface area (Å²) in [5.41, 5.74) is 1.10. The predicted octanol–water partition coefficient (Wildman–Crippen LogP) is 2.94. The van der Waals surface area contributed by atoms with Gasteiger partial charge >= 0.3 is 0 Å². The van der Waals surface area contributed by atoms with Gasteiger partial charge in [0.2, 0.25) is 0 Å². The van der Waals surface area contributed by atoms with Crippen LogP contribution in [0.25, 0.3) is 0 Å². The molecule has 0 aromatic carbocycles. The van der Waals surface area contributed by atoms with Gasteiger partial charge in [0.15, 0.2) is 5.11 Å². The first-order valence-corrected chi connectivity index (χ1v) is 7.11. The SMILES string of the molecule is Cc1nc(C)c(C(C)NC(=S)NCC(C)C)s1. The molecule has 1 aromatic rings. The lowest BCUT2D eigenvalue weighted by molar-refractivity contribution is 0.610. The smallest absolute Gasteiger partial charge is 0.166 e. The van der Waals surface area contributed by atoms with Gasteiger partial charge in [0.1, 0.15) is 0 Å². The van der Waals surface area contributed by atoms with Crippen molar-refractivity contribution in [3.63, 3.8) is 0 Å². The minimum Gasteiger partial charge on any atom is -0.362 e. The standard InChI is InChI=1S/C12H21N3S2/c1-7(2)6-13-12(16)15-9(4)11-8(3)14-10(5)17-11/h7,9H,6H2,1-5H3,(H2,13,15,16). The van der Waals surface area contributed by atoms with Gasteiger partial charge < -0.3 is 10.6 Å². The fourth-order valence-electron chi connectivity index (χ4n) is 1.56. The Morgan fingerprint density at radius 2 is 2.00 bits per heavy atom. The summed E-state index contributed by atoms with van der Waals surface area (Å²) in [4.78, 5) is 5.69. The lowest BCUT2D eigenvalue weighted by atomic mass is 10.2. The highest BCUT2D eigenvalue weighted by Crippen LogP contribution is 2.24. The molecule has 17 heavy (non-hydrogen) atoms. The predicted molar refractivity (Wildman–Crippen MR) is 78.6 cm³/mol. The van der Waals surface area contributed by atoms with E-state index in [0.29, 0.717) is 5.92 Å². The highest BCUT2D eigenvalue weighted by atomic mass is 32.1. The van der Waals surface area contributed by atoms with Gasteiger partial charge in [-0.15, -0.1) is 11.3 Å². The van der Waals surface area contributed by atoms with Crippen LogP contribution in [0.3, 0.4) is 0 Å². The molecule has 0 spiro atoms. The summed E-state index contributed by atoms with van der Waals surface area (Å²) in [5, 5.41) is 8.33. The van der Waals surface area contributed by atoms with E-state index in [9.17, 15) is 0 Å². The van der Waals surface area contributed by atoms with Crippen molar-refractivity contribution in [1.82, 2.24) is 15.6 Å². The van der Waals surface area contributed by atoms with Gasteiger partial charge in [-0.2, -0.15) is 0 Å². The number of nitrogens with zero attached hydrogens (tertiary/aromatic N) is 1. The number of hydrogen-bond acceptors (Lipinski definition) is 3. The molecule has 1 rings (SSSR count). The van der Waals surface area contributed by atoms with Crippen molar-refractivity contribution in [3.8, 4) is 0 Å². The van der Waals surface area contributed by atoms with Crippen LogP contribution in [-0.2, 0) is 0 Å². The molecule has 0 saturated carbocycles. The molecule has 1 atom stereocenters. The highest BCUT2D eigenvalue weighted by molar-refractivity contribution is 7.80. The Morgan fingerprint density at radius 1 is 1.35 bits per heavy atom. The van der Waals surface area contributed by atoms with Crippen LogP contribution in [0.1, 0.15) is 42.4 Å². The third-order valence-electron chi connectivity index (χ3n) is 2.35. The van der Waals surface area contributed by atoms with E-state index in [4.69, 9.17) is 12.2 Å². The van der Waals surface area contributed by atoms with Crippen LogP contribution in [0.4, 0.5) is 0 Å². The Hall–Kier alpha value is -0.680. The number of rotatable bonds is 4. The second kappa shape index (κ2) is 6.31. The summed E-state index contributed by atoms with van der Waals surface area (Å²) in [6.07, 6.45) is 0. The molecule has 1 aromatic heterocycles. The lowest BCUT2D eigenvalue weighted by Crippen LogP contribution is -2.38. The molecule has 5 heteroatoms. The number of nitrogens with one attached hydrogen (secondary N) is 2. The topological polar surface area (TPSA) is 37.0 Å². The van der Waals surface area contributed by atoms with Crippen molar-refractivity contribution in [3.05, 3.63) is 15.6 Å². The number of aryl methyl sites for hydroxylation is 2. The molecule has 0 amide bonds. The van der Waals surface area contributed by atoms with Crippen LogP contribution in [-0.4, -0.2) is 16.6 Å². The molecule has 0 aliphatic carbocycles. The second-order valence-electron chi connectivity index (χ2n) is 4.65. The quantitative estimate of drug-likeness (QED) is 0.826. The van der Waals surface area contributed by atoms with Crippen LogP contribution >= 0.6 is 23.6 Å². The summed E-state index contributed by atoms with van der Waals surface area (Å²) in [5.74, 6) is 0.595. The van der Waals surface area contributed by atoms with Gasteiger partial charge in [0.25, 0.3) is 0 Å². The summed E-state index contributed by atoms with van der Waals surface area (Å²) in [7, 11) is 0. The Kier molecular flexibility index (Phi) is 5.33. The molecule has 0 aliphatic rings. The molecule has 0 fully saturated rings. The van der Waals surface area contributed by atoms with Crippen LogP contribution in [0, 0.1) is 19.8 Å². The van der Waals surface area contributed by atoms with E-state index in [0.717, 1.165) is 22.4 Å². The largest absolute Gasteiger partial charge is 0.362 e. The average Bonchev–Trinajstić information content (AvgIpc) is 2.55. The van der Waals surface area contributed by atoms with Crippen LogP contribution in [0.15, 0.2) is 0 Å². The molecule has 0 aliphatic heterocycles. The van der Waals surface area contributed by atoms with Crippen molar-refractivity contribution >= 4 is 28.7 Å². The average molecular weight is 271 g/mol. The van der Waals surface area contributed by atoms with E-state index < -0.39 is 0 Å². The van der Waals surface area contributed by atoms with Crippen LogP contribution in [0.5, 0.6) is 0 Å². The molecule has 3 nitrogen and oxygen atoms in total. The first kappa shape index (κ1) is 14.4. The van der Waals surface area contributed by atoms with E-state index in [2.05, 4.69) is 36.4 Å². The Bertz CT molecular complexity index is 385. The maximum absolute atomic E-state index is 5.26. The third-order valence-corrected chi connectivity index (χ3v) is 3.87. The first-order valence-electron chi connectivity index (χ1n) is 5.88. The fraction of sp³-hybridized carbons (Fsp3) is 0.667. The Balaban J connectivity index is 2.51. The zero-order chi connectivity index (χ0) is 13.0. The van der Waals surface area contributed by atoms with Gasteiger partial charge in [-0.05, 0) is 38.9 Å². The van der Waals surface area contributed by atoms with Gasteiger partial charge in [0, 0.05) is 11.4 Å². The third kappa shape index (κ3) is 4.60. The van der Waals surface area contributed by atoms with Crippen molar-refractivity contribution in [1.29, 1.82) is 0 Å². The summed E-state index contributed by atoms with van der Waals surface area (Å²) in [6, 6.07) is 0.216. The van der Waals surface area contributed by atoms with Gasteiger partial charge in [-0.3, -0.25) is 0 Å². The summed E-state index contributed by atoms with van der Waals surface area (Å²) < 4.78 is 0. The normalized spacial score (nSPS) is 12.6. The van der Waals surface area contributed by atoms with E-state index in [1.807, 2.05) is 13.8 Å². The van der Waals surface area contributed by atoms with Gasteiger partial charge in [-0.1, -0.05) is 13.8 Å². The minimum atomic E-state index is 0.216. The minimum absolute atomic E-state index is 0.216. The fourth-order valence-corrected chi connectivity index (χ4v) is 2.75. The highest BCUT2D eigenvalue weighted by Gasteiger charge is 2.13. The number of hydrogen-bond donors (Lipinski definition) is 2. The van der Waals surface area contributed by atoms with Crippen LogP contribution in [0.2, 0.25) is 0 Å². The summed E-state index contributed by atoms with van der Waals surface area (Å²) in [6.45, 7) is 11.4. The molecular formula is C12H21N3S2. The van der Waals surface area contributed by atoms with E-state index in [1.165, 1.54) is 4.88 Å². The van der Waals surface area contributed by atoms with Crippen molar-refractivity contribution < 1.29 is 0 Å². The van der Waals surface area contributed by atoms with Crippen molar-refractivity contribution in [2.45, 2.75) is 40.7 Å². The Morgan fingerprint density at radius 3 is 2.47 bits per heavy atom. The van der Waals surface area contributed by atoms with Crippen molar-refractivity contribution in [2.75, 3.05) is 6.54 Å². The monoisotopic (exact) mass is 271 g/mol. The maximum atomic E-state index is 5.26. The van der Waals surface area contributed by atoms with Gasteiger partial charge in [0.05, 0.1) is 16.7 Å². The van der Waals surface area contributed by atoms with Crippen molar-refractivity contribution in [2.24, 2.45) is 5.92 Å². The zero-order valence-electron chi connectivity index (χ0n) is 11.1. The van der Waals surface area contributed by atoms with E-state index in [-0.39, 0.29) is 6.04 Å². The second-order valence-corrected chi connectivity index (χ2v) is 6.30. The maximum Gasteiger partial charge on any atom is 0.166 e. The molecule has 0 saturated heterocycles. The molecule has 2 N–H and O–H groups in total. The van der Waals surface area contributed by atoms with E-state index in [1.54, 1.807) is 11.3 Å². The van der Waals surface area contributed by atoms with Gasteiger partial charge in [-0.25, -0.2) is 4.98 Å². The first-order chi connectivity index (χ1) is 7.90. The molecule has 0 radical (unpaired) electrons. The molecule has 1 heterocycles. The molecule has 1 unspecified atom stereocenters.